The normalized spacial score (nSPS) is 15.5. The van der Waals surface area contributed by atoms with Gasteiger partial charge < -0.3 is 9.64 Å². The zero-order chi connectivity index (χ0) is 13.5. The predicted molar refractivity (Wildman–Crippen MR) is 78.8 cm³/mol. The Hall–Kier alpha value is -0.710. The number of hydrogen-bond donors (Lipinski definition) is 0. The van der Waals surface area contributed by atoms with E-state index in [2.05, 4.69) is 0 Å². The lowest BCUT2D eigenvalue weighted by molar-refractivity contribution is -0.135. The van der Waals surface area contributed by atoms with Crippen LogP contribution >= 0.6 is 23.4 Å². The van der Waals surface area contributed by atoms with Crippen molar-refractivity contribution in [3.05, 3.63) is 29.3 Å². The molecule has 19 heavy (non-hydrogen) atoms. The topological polar surface area (TPSA) is 29.5 Å². The number of amides is 1. The van der Waals surface area contributed by atoms with E-state index < -0.39 is 0 Å². The smallest absolute Gasteiger partial charge is 0.222 e. The molecule has 1 heterocycles. The highest BCUT2D eigenvalue weighted by Crippen LogP contribution is 2.21. The maximum Gasteiger partial charge on any atom is 0.222 e. The molecule has 0 saturated carbocycles. The van der Waals surface area contributed by atoms with E-state index in [0.717, 1.165) is 30.3 Å². The second-order valence-corrected chi connectivity index (χ2v) is 6.00. The van der Waals surface area contributed by atoms with Gasteiger partial charge in [0.2, 0.25) is 5.91 Å². The number of nitrogens with zero attached hydrogens (tertiary/aromatic N) is 1. The second kappa shape index (κ2) is 7.78. The highest BCUT2D eigenvalue weighted by atomic mass is 35.5. The summed E-state index contributed by atoms with van der Waals surface area (Å²) in [6.45, 7) is 2.82. The lowest BCUT2D eigenvalue weighted by Gasteiger charge is -2.26. The number of thioether (sulfide) groups is 1. The van der Waals surface area contributed by atoms with Crippen molar-refractivity contribution in [2.24, 2.45) is 0 Å². The summed E-state index contributed by atoms with van der Waals surface area (Å²) in [6.07, 6.45) is 1.53. The summed E-state index contributed by atoms with van der Waals surface area (Å²) in [4.78, 5) is 15.0. The first-order valence-electron chi connectivity index (χ1n) is 6.49. The largest absolute Gasteiger partial charge is 0.378 e. The van der Waals surface area contributed by atoms with E-state index in [1.54, 1.807) is 11.8 Å². The fourth-order valence-electron chi connectivity index (χ4n) is 1.92. The molecule has 1 saturated heterocycles. The Labute approximate surface area is 123 Å². The van der Waals surface area contributed by atoms with Crippen LogP contribution < -0.4 is 0 Å². The first-order valence-corrected chi connectivity index (χ1v) is 7.86. The third-order valence-electron chi connectivity index (χ3n) is 2.98. The molecule has 1 aliphatic rings. The molecule has 104 valence electrons. The molecule has 3 nitrogen and oxygen atoms in total. The first-order chi connectivity index (χ1) is 9.25. The van der Waals surface area contributed by atoms with Crippen LogP contribution in [0.4, 0.5) is 0 Å². The molecule has 0 aromatic heterocycles. The average Bonchev–Trinajstić information content (AvgIpc) is 2.46. The van der Waals surface area contributed by atoms with Gasteiger partial charge in [-0.25, -0.2) is 0 Å². The zero-order valence-electron chi connectivity index (χ0n) is 10.8. The van der Waals surface area contributed by atoms with Crippen molar-refractivity contribution in [1.82, 2.24) is 4.90 Å². The Morgan fingerprint density at radius 3 is 2.63 bits per heavy atom. The molecule has 5 heteroatoms. The fraction of sp³-hybridized carbons (Fsp3) is 0.500. The van der Waals surface area contributed by atoms with Gasteiger partial charge >= 0.3 is 0 Å². The van der Waals surface area contributed by atoms with Crippen molar-refractivity contribution in [2.45, 2.75) is 17.7 Å². The molecule has 1 aromatic carbocycles. The number of benzene rings is 1. The summed E-state index contributed by atoms with van der Waals surface area (Å²) >= 11 is 7.59. The average molecular weight is 300 g/mol. The van der Waals surface area contributed by atoms with Crippen LogP contribution in [0.2, 0.25) is 5.02 Å². The molecule has 0 N–H and O–H groups in total. The highest BCUT2D eigenvalue weighted by molar-refractivity contribution is 7.99. The van der Waals surface area contributed by atoms with E-state index in [1.165, 1.54) is 4.90 Å². The number of rotatable bonds is 5. The van der Waals surface area contributed by atoms with E-state index >= 15 is 0 Å². The molecule has 0 atom stereocenters. The van der Waals surface area contributed by atoms with E-state index in [-0.39, 0.29) is 5.91 Å². The maximum atomic E-state index is 11.9. The molecule has 1 fully saturated rings. The van der Waals surface area contributed by atoms with Crippen LogP contribution in [0, 0.1) is 0 Å². The number of carbonyl (C=O) groups is 1. The summed E-state index contributed by atoms with van der Waals surface area (Å²) in [7, 11) is 0. The van der Waals surface area contributed by atoms with Crippen molar-refractivity contribution in [1.29, 1.82) is 0 Å². The van der Waals surface area contributed by atoms with Gasteiger partial charge in [-0.2, -0.15) is 0 Å². The third-order valence-corrected chi connectivity index (χ3v) is 4.33. The van der Waals surface area contributed by atoms with Crippen LogP contribution in [-0.4, -0.2) is 42.9 Å². The Bertz CT molecular complexity index is 404. The van der Waals surface area contributed by atoms with Gasteiger partial charge in [-0.15, -0.1) is 11.8 Å². The zero-order valence-corrected chi connectivity index (χ0v) is 12.4. The van der Waals surface area contributed by atoms with Crippen LogP contribution in [0.5, 0.6) is 0 Å². The van der Waals surface area contributed by atoms with Crippen LogP contribution in [0.15, 0.2) is 29.2 Å². The van der Waals surface area contributed by atoms with Crippen molar-refractivity contribution in [2.75, 3.05) is 32.1 Å². The lowest BCUT2D eigenvalue weighted by atomic mass is 10.3. The maximum absolute atomic E-state index is 11.9. The minimum atomic E-state index is 0.250. The van der Waals surface area contributed by atoms with Gasteiger partial charge in [0, 0.05) is 29.4 Å². The molecule has 0 aliphatic carbocycles. The molecule has 0 spiro atoms. The Morgan fingerprint density at radius 1 is 1.26 bits per heavy atom. The van der Waals surface area contributed by atoms with Gasteiger partial charge in [-0.1, -0.05) is 11.6 Å². The molecule has 0 unspecified atom stereocenters. The van der Waals surface area contributed by atoms with Gasteiger partial charge in [0.05, 0.1) is 13.2 Å². The number of carbonyl (C=O) groups excluding carboxylic acids is 1. The lowest BCUT2D eigenvalue weighted by Crippen LogP contribution is -2.40. The van der Waals surface area contributed by atoms with Gasteiger partial charge in [0.25, 0.3) is 0 Å². The van der Waals surface area contributed by atoms with Crippen molar-refractivity contribution in [3.8, 4) is 0 Å². The van der Waals surface area contributed by atoms with Gasteiger partial charge in [-0.3, -0.25) is 4.79 Å². The van der Waals surface area contributed by atoms with Crippen LogP contribution in [0.25, 0.3) is 0 Å². The van der Waals surface area contributed by atoms with E-state index in [1.807, 2.05) is 29.2 Å². The standard InChI is InChI=1S/C14H18ClNO2S/c15-12-3-5-13(6-4-12)19-11-1-2-14(17)16-7-9-18-10-8-16/h3-6H,1-2,7-11H2. The van der Waals surface area contributed by atoms with Crippen LogP contribution in [0.1, 0.15) is 12.8 Å². The molecular weight excluding hydrogens is 282 g/mol. The van der Waals surface area contributed by atoms with Crippen LogP contribution in [0.3, 0.4) is 0 Å². The summed E-state index contributed by atoms with van der Waals surface area (Å²) < 4.78 is 5.23. The van der Waals surface area contributed by atoms with Crippen molar-refractivity contribution >= 4 is 29.3 Å². The van der Waals surface area contributed by atoms with E-state index in [0.29, 0.717) is 19.6 Å². The van der Waals surface area contributed by atoms with E-state index in [4.69, 9.17) is 16.3 Å². The van der Waals surface area contributed by atoms with Crippen LogP contribution in [-0.2, 0) is 9.53 Å². The Kier molecular flexibility index (Phi) is 6.01. The summed E-state index contributed by atoms with van der Waals surface area (Å²) in [5.41, 5.74) is 0. The fourth-order valence-corrected chi connectivity index (χ4v) is 2.89. The third kappa shape index (κ3) is 5.05. The molecule has 0 bridgehead atoms. The molecule has 0 radical (unpaired) electrons. The number of ether oxygens (including phenoxy) is 1. The highest BCUT2D eigenvalue weighted by Gasteiger charge is 2.15. The number of hydrogen-bond acceptors (Lipinski definition) is 3. The molecule has 1 amide bonds. The van der Waals surface area contributed by atoms with Crippen molar-refractivity contribution in [3.63, 3.8) is 0 Å². The molecule has 2 rings (SSSR count). The SMILES string of the molecule is O=C(CCCSc1ccc(Cl)cc1)N1CCOCC1. The molecule has 1 aromatic rings. The first kappa shape index (κ1) is 14.7. The Balaban J connectivity index is 1.63. The molecule has 1 aliphatic heterocycles. The van der Waals surface area contributed by atoms with Gasteiger partial charge in [0.15, 0.2) is 0 Å². The monoisotopic (exact) mass is 299 g/mol. The second-order valence-electron chi connectivity index (χ2n) is 4.40. The minimum absolute atomic E-state index is 0.250. The minimum Gasteiger partial charge on any atom is -0.378 e. The van der Waals surface area contributed by atoms with Gasteiger partial charge in [0.1, 0.15) is 0 Å². The Morgan fingerprint density at radius 2 is 1.95 bits per heavy atom. The summed E-state index contributed by atoms with van der Waals surface area (Å²) in [5.74, 6) is 1.21. The quantitative estimate of drug-likeness (QED) is 0.618. The van der Waals surface area contributed by atoms with E-state index in [9.17, 15) is 4.79 Å². The molecular formula is C14H18ClNO2S. The predicted octanol–water partition coefficient (Wildman–Crippen LogP) is 3.07. The van der Waals surface area contributed by atoms with Crippen molar-refractivity contribution < 1.29 is 9.53 Å². The summed E-state index contributed by atoms with van der Waals surface area (Å²) in [5, 5.41) is 0.756. The number of morpholine rings is 1. The van der Waals surface area contributed by atoms with Gasteiger partial charge in [-0.05, 0) is 36.4 Å². The number of halogens is 1. The summed E-state index contributed by atoms with van der Waals surface area (Å²) in [6, 6.07) is 7.80.